The molecule has 3 rings (SSSR count). The van der Waals surface area contributed by atoms with Gasteiger partial charge in [-0.15, -0.1) is 4.83 Å². The molecule has 0 spiro atoms. The van der Waals surface area contributed by atoms with Gasteiger partial charge in [-0.2, -0.15) is 0 Å². The molecule has 35 heavy (non-hydrogen) atoms. The summed E-state index contributed by atoms with van der Waals surface area (Å²) in [5.41, 5.74) is 2.24. The van der Waals surface area contributed by atoms with E-state index >= 15 is 0 Å². The van der Waals surface area contributed by atoms with Gasteiger partial charge in [0.25, 0.3) is 5.91 Å². The van der Waals surface area contributed by atoms with Crippen molar-refractivity contribution in [3.05, 3.63) is 58.9 Å². The van der Waals surface area contributed by atoms with Gasteiger partial charge in [0.2, 0.25) is 10.0 Å². The summed E-state index contributed by atoms with van der Waals surface area (Å²) in [5, 5.41) is -0.260. The van der Waals surface area contributed by atoms with Gasteiger partial charge < -0.3 is 9.64 Å². The zero-order valence-corrected chi connectivity index (χ0v) is 21.4. The maximum atomic E-state index is 14.6. The van der Waals surface area contributed by atoms with E-state index in [2.05, 4.69) is 5.43 Å². The number of carbonyl (C=O) groups is 2. The molecule has 11 heteroatoms. The zero-order chi connectivity index (χ0) is 25.8. The first kappa shape index (κ1) is 26.9. The summed E-state index contributed by atoms with van der Waals surface area (Å²) < 4.78 is 45.1. The van der Waals surface area contributed by atoms with Crippen LogP contribution < -0.4 is 10.3 Å². The molecule has 190 valence electrons. The van der Waals surface area contributed by atoms with Crippen molar-refractivity contribution < 1.29 is 27.1 Å². The molecule has 2 aromatic rings. The quantitative estimate of drug-likeness (QED) is 0.545. The van der Waals surface area contributed by atoms with E-state index in [0.29, 0.717) is 24.9 Å². The van der Waals surface area contributed by atoms with Crippen LogP contribution in [0.2, 0.25) is 5.02 Å². The third kappa shape index (κ3) is 7.65. The summed E-state index contributed by atoms with van der Waals surface area (Å²) in [4.78, 5) is 28.4. The Morgan fingerprint density at radius 2 is 1.86 bits per heavy atom. The molecule has 0 saturated carbocycles. The topological polar surface area (TPSA) is 105 Å². The highest BCUT2D eigenvalue weighted by atomic mass is 35.5. The van der Waals surface area contributed by atoms with Gasteiger partial charge >= 0.3 is 6.09 Å². The van der Waals surface area contributed by atoms with Gasteiger partial charge in [0, 0.05) is 13.1 Å². The number of hydrogen-bond donors (Lipinski definition) is 2. The Morgan fingerprint density at radius 1 is 1.17 bits per heavy atom. The number of nitrogens with zero attached hydrogens (tertiary/aromatic N) is 1. The lowest BCUT2D eigenvalue weighted by Gasteiger charge is -2.34. The molecule has 0 aromatic heterocycles. The standard InChI is InChI=1S/C24H29ClFN3O5S/c1-24(2,3)34-23(31)29-11-7-8-16(14-29)15-35(32,33)28-27-22(30)19-12-18(13-20(25)21(19)26)17-9-5-4-6-10-17/h4-6,9-10,12-13,16,28H,7-8,11,14-15H2,1-3H3,(H,27,30). The van der Waals surface area contributed by atoms with Crippen LogP contribution in [0, 0.1) is 11.7 Å². The normalized spacial score (nSPS) is 16.6. The lowest BCUT2D eigenvalue weighted by molar-refractivity contribution is 0.0176. The largest absolute Gasteiger partial charge is 0.444 e. The summed E-state index contributed by atoms with van der Waals surface area (Å²) in [6.07, 6.45) is 0.728. The third-order valence-corrected chi connectivity index (χ3v) is 6.92. The molecule has 1 aliphatic rings. The number of piperidine rings is 1. The van der Waals surface area contributed by atoms with Crippen molar-refractivity contribution in [3.63, 3.8) is 0 Å². The minimum atomic E-state index is -3.97. The van der Waals surface area contributed by atoms with Crippen molar-refractivity contribution in [1.82, 2.24) is 15.2 Å². The van der Waals surface area contributed by atoms with Crippen LogP contribution in [0.5, 0.6) is 0 Å². The Hall–Kier alpha value is -2.69. The Labute approximate surface area is 209 Å². The van der Waals surface area contributed by atoms with Crippen LogP contribution >= 0.6 is 11.6 Å². The average Bonchev–Trinajstić information content (AvgIpc) is 2.78. The maximum absolute atomic E-state index is 14.6. The molecule has 0 radical (unpaired) electrons. The summed E-state index contributed by atoms with van der Waals surface area (Å²) in [5.74, 6) is -2.61. The van der Waals surface area contributed by atoms with Crippen LogP contribution in [0.1, 0.15) is 44.0 Å². The van der Waals surface area contributed by atoms with E-state index in [-0.39, 0.29) is 23.2 Å². The molecule has 0 bridgehead atoms. The minimum Gasteiger partial charge on any atom is -0.444 e. The predicted octanol–water partition coefficient (Wildman–Crippen LogP) is 4.36. The van der Waals surface area contributed by atoms with Crippen molar-refractivity contribution in [2.24, 2.45) is 5.92 Å². The fourth-order valence-corrected chi connectivity index (χ4v) is 5.23. The van der Waals surface area contributed by atoms with E-state index in [4.69, 9.17) is 16.3 Å². The lowest BCUT2D eigenvalue weighted by Crippen LogP contribution is -2.48. The highest BCUT2D eigenvalue weighted by molar-refractivity contribution is 7.89. The number of hydrazine groups is 1. The van der Waals surface area contributed by atoms with Crippen LogP contribution in [-0.4, -0.2) is 49.8 Å². The van der Waals surface area contributed by atoms with Gasteiger partial charge in [0.15, 0.2) is 5.82 Å². The number of hydrogen-bond acceptors (Lipinski definition) is 5. The van der Waals surface area contributed by atoms with E-state index in [9.17, 15) is 22.4 Å². The number of sulfonamides is 1. The number of halogens is 2. The van der Waals surface area contributed by atoms with E-state index in [1.807, 2.05) is 10.9 Å². The number of likely N-dealkylation sites (tertiary alicyclic amines) is 1. The molecule has 1 heterocycles. The predicted molar refractivity (Wildman–Crippen MR) is 132 cm³/mol. The van der Waals surface area contributed by atoms with Gasteiger partial charge in [-0.05, 0) is 62.8 Å². The van der Waals surface area contributed by atoms with Crippen molar-refractivity contribution >= 4 is 33.6 Å². The number of rotatable bonds is 6. The van der Waals surface area contributed by atoms with Crippen LogP contribution in [0.3, 0.4) is 0 Å². The van der Waals surface area contributed by atoms with Gasteiger partial charge in [0.1, 0.15) is 5.60 Å². The van der Waals surface area contributed by atoms with Crippen LogP contribution in [-0.2, 0) is 14.8 Å². The fourth-order valence-electron chi connectivity index (χ4n) is 3.79. The summed E-state index contributed by atoms with van der Waals surface area (Å²) in [6.45, 7) is 5.97. The van der Waals surface area contributed by atoms with E-state index in [1.165, 1.54) is 17.0 Å². The second-order valence-electron chi connectivity index (χ2n) is 9.46. The molecule has 2 N–H and O–H groups in total. The number of carbonyl (C=O) groups excluding carboxylic acids is 2. The first-order valence-electron chi connectivity index (χ1n) is 11.2. The van der Waals surface area contributed by atoms with Crippen LogP contribution in [0.25, 0.3) is 11.1 Å². The molecule has 1 unspecified atom stereocenters. The Bertz CT molecular complexity index is 1190. The molecule has 1 saturated heterocycles. The van der Waals surface area contributed by atoms with Crippen molar-refractivity contribution in [2.75, 3.05) is 18.8 Å². The fraction of sp³-hybridized carbons (Fsp3) is 0.417. The molecule has 1 atom stereocenters. The highest BCUT2D eigenvalue weighted by Gasteiger charge is 2.30. The minimum absolute atomic E-state index is 0.215. The number of benzene rings is 2. The van der Waals surface area contributed by atoms with Gasteiger partial charge in [-0.25, -0.2) is 17.6 Å². The van der Waals surface area contributed by atoms with Gasteiger partial charge in [-0.1, -0.05) is 41.9 Å². The summed E-state index contributed by atoms with van der Waals surface area (Å²) in [7, 11) is -3.97. The first-order valence-corrected chi connectivity index (χ1v) is 13.2. The monoisotopic (exact) mass is 525 g/mol. The second-order valence-corrected chi connectivity index (χ2v) is 11.6. The van der Waals surface area contributed by atoms with Crippen LogP contribution in [0.15, 0.2) is 42.5 Å². The van der Waals surface area contributed by atoms with E-state index in [0.717, 1.165) is 5.56 Å². The molecule has 1 fully saturated rings. The number of amides is 2. The average molecular weight is 526 g/mol. The van der Waals surface area contributed by atoms with Gasteiger partial charge in [0.05, 0.1) is 16.3 Å². The van der Waals surface area contributed by atoms with Crippen molar-refractivity contribution in [3.8, 4) is 11.1 Å². The summed E-state index contributed by atoms with van der Waals surface area (Å²) in [6, 6.07) is 11.6. The van der Waals surface area contributed by atoms with Gasteiger partial charge in [-0.3, -0.25) is 10.2 Å². The second kappa shape index (κ2) is 10.9. The lowest BCUT2D eigenvalue weighted by atomic mass is 10.0. The molecule has 1 aliphatic heterocycles. The Kier molecular flexibility index (Phi) is 8.40. The molecule has 2 aromatic carbocycles. The molecule has 0 aliphatic carbocycles. The Balaban J connectivity index is 1.63. The van der Waals surface area contributed by atoms with Crippen molar-refractivity contribution in [1.29, 1.82) is 0 Å². The van der Waals surface area contributed by atoms with Crippen LogP contribution in [0.4, 0.5) is 9.18 Å². The Morgan fingerprint density at radius 3 is 2.51 bits per heavy atom. The molecular weight excluding hydrogens is 497 g/mol. The zero-order valence-electron chi connectivity index (χ0n) is 19.8. The van der Waals surface area contributed by atoms with E-state index in [1.54, 1.807) is 45.0 Å². The number of nitrogens with one attached hydrogen (secondary N) is 2. The first-order chi connectivity index (χ1) is 16.3. The van der Waals surface area contributed by atoms with Crippen molar-refractivity contribution in [2.45, 2.75) is 39.2 Å². The third-order valence-electron chi connectivity index (χ3n) is 5.33. The molecular formula is C24H29ClFN3O5S. The molecule has 2 amide bonds. The number of ether oxygens (including phenoxy) is 1. The smallest absolute Gasteiger partial charge is 0.410 e. The summed E-state index contributed by atoms with van der Waals surface area (Å²) >= 11 is 5.98. The maximum Gasteiger partial charge on any atom is 0.410 e. The van der Waals surface area contributed by atoms with E-state index < -0.39 is 39.0 Å². The molecule has 8 nitrogen and oxygen atoms in total. The SMILES string of the molecule is CC(C)(C)OC(=O)N1CCCC(CS(=O)(=O)NNC(=O)c2cc(-c3ccccc3)cc(Cl)c2F)C1. The highest BCUT2D eigenvalue weighted by Crippen LogP contribution is 2.28.